The van der Waals surface area contributed by atoms with Gasteiger partial charge in [0.2, 0.25) is 11.8 Å². The molecule has 5 amide bonds. The molecule has 2 saturated carbocycles. The molecule has 0 radical (unpaired) electrons. The van der Waals surface area contributed by atoms with Crippen molar-refractivity contribution >= 4 is 23.8 Å². The molecular formula is C19H30N4O4. The Balaban J connectivity index is 1.43. The van der Waals surface area contributed by atoms with Crippen LogP contribution in [0.25, 0.3) is 0 Å². The Labute approximate surface area is 159 Å². The fraction of sp³-hybridized carbons (Fsp3) is 0.789. The van der Waals surface area contributed by atoms with Crippen LogP contribution in [-0.4, -0.2) is 53.8 Å². The Bertz CT molecular complexity index is 617. The summed E-state index contributed by atoms with van der Waals surface area (Å²) >= 11 is 0. The maximum Gasteiger partial charge on any atom is 0.325 e. The lowest BCUT2D eigenvalue weighted by molar-refractivity contribution is -0.137. The van der Waals surface area contributed by atoms with Gasteiger partial charge in [-0.05, 0) is 31.6 Å². The summed E-state index contributed by atoms with van der Waals surface area (Å²) in [7, 11) is 0. The summed E-state index contributed by atoms with van der Waals surface area (Å²) in [5.74, 6) is -0.468. The topological polar surface area (TPSA) is 108 Å². The highest BCUT2D eigenvalue weighted by atomic mass is 16.2. The quantitative estimate of drug-likeness (QED) is 0.472. The molecule has 1 spiro atoms. The molecule has 0 bridgehead atoms. The van der Waals surface area contributed by atoms with Gasteiger partial charge in [-0.25, -0.2) is 4.79 Å². The number of carbonyl (C=O) groups excluding carboxylic acids is 4. The molecule has 3 fully saturated rings. The van der Waals surface area contributed by atoms with Gasteiger partial charge < -0.3 is 16.0 Å². The average molecular weight is 378 g/mol. The summed E-state index contributed by atoms with van der Waals surface area (Å²) in [6.07, 6.45) is 7.55. The molecule has 0 aromatic carbocycles. The van der Waals surface area contributed by atoms with Gasteiger partial charge in [0.25, 0.3) is 5.91 Å². The minimum atomic E-state index is -0.842. The van der Waals surface area contributed by atoms with E-state index in [9.17, 15) is 19.2 Å². The maximum atomic E-state index is 12.8. The number of amides is 5. The van der Waals surface area contributed by atoms with Crippen molar-refractivity contribution in [2.75, 3.05) is 19.6 Å². The van der Waals surface area contributed by atoms with E-state index >= 15 is 0 Å². The number of carbonyl (C=O) groups is 4. The number of urea groups is 1. The molecule has 0 aromatic heterocycles. The van der Waals surface area contributed by atoms with Crippen molar-refractivity contribution in [3.63, 3.8) is 0 Å². The molecule has 2 unspecified atom stereocenters. The summed E-state index contributed by atoms with van der Waals surface area (Å²) in [5, 5.41) is 8.34. The molecule has 150 valence electrons. The summed E-state index contributed by atoms with van der Waals surface area (Å²) in [4.78, 5) is 50.2. The van der Waals surface area contributed by atoms with Crippen LogP contribution < -0.4 is 16.0 Å². The molecule has 2 aliphatic carbocycles. The van der Waals surface area contributed by atoms with E-state index in [-0.39, 0.29) is 36.7 Å². The molecule has 3 rings (SSSR count). The van der Waals surface area contributed by atoms with E-state index in [0.29, 0.717) is 13.0 Å². The van der Waals surface area contributed by atoms with Crippen LogP contribution in [0.3, 0.4) is 0 Å². The lowest BCUT2D eigenvalue weighted by atomic mass is 9.73. The Morgan fingerprint density at radius 2 is 1.74 bits per heavy atom. The normalized spacial score (nSPS) is 28.5. The zero-order valence-electron chi connectivity index (χ0n) is 16.0. The van der Waals surface area contributed by atoms with E-state index in [2.05, 4.69) is 16.0 Å². The lowest BCUT2D eigenvalue weighted by Gasteiger charge is -2.36. The predicted octanol–water partition coefficient (Wildman–Crippen LogP) is 0.910. The summed E-state index contributed by atoms with van der Waals surface area (Å²) in [5.41, 5.74) is -0.842. The minimum absolute atomic E-state index is 0.0454. The van der Waals surface area contributed by atoms with Crippen molar-refractivity contribution < 1.29 is 19.2 Å². The number of hydrogen-bond acceptors (Lipinski definition) is 4. The second-order valence-electron chi connectivity index (χ2n) is 8.06. The van der Waals surface area contributed by atoms with E-state index in [1.165, 1.54) is 0 Å². The number of nitrogens with one attached hydrogen (secondary N) is 3. The third-order valence-electron chi connectivity index (χ3n) is 6.28. The number of rotatable bonds is 6. The number of hydrogen-bond donors (Lipinski definition) is 3. The average Bonchev–Trinajstić information content (AvgIpc) is 3.25. The largest absolute Gasteiger partial charge is 0.354 e. The summed E-state index contributed by atoms with van der Waals surface area (Å²) < 4.78 is 0. The monoisotopic (exact) mass is 378 g/mol. The van der Waals surface area contributed by atoms with Crippen molar-refractivity contribution in [1.82, 2.24) is 20.9 Å². The maximum absolute atomic E-state index is 12.8. The van der Waals surface area contributed by atoms with Gasteiger partial charge in [-0.1, -0.05) is 32.6 Å². The molecule has 1 heterocycles. The Hall–Kier alpha value is -2.12. The zero-order valence-corrected chi connectivity index (χ0v) is 16.0. The van der Waals surface area contributed by atoms with Gasteiger partial charge in [-0.3, -0.25) is 19.3 Å². The molecule has 2 atom stereocenters. The molecule has 1 saturated heterocycles. The summed E-state index contributed by atoms with van der Waals surface area (Å²) in [6.45, 7) is 2.33. The summed E-state index contributed by atoms with van der Waals surface area (Å²) in [6, 6.07) is -0.488. The first kappa shape index (κ1) is 19.6. The Kier molecular flexibility index (Phi) is 6.01. The van der Waals surface area contributed by atoms with Gasteiger partial charge in [0.05, 0.1) is 0 Å². The van der Waals surface area contributed by atoms with E-state index in [0.717, 1.165) is 49.8 Å². The van der Waals surface area contributed by atoms with Crippen LogP contribution in [0.4, 0.5) is 4.79 Å². The first-order valence-corrected chi connectivity index (χ1v) is 10.1. The van der Waals surface area contributed by atoms with Crippen LogP contribution in [0, 0.1) is 11.8 Å². The molecule has 27 heavy (non-hydrogen) atoms. The third-order valence-corrected chi connectivity index (χ3v) is 6.28. The van der Waals surface area contributed by atoms with Crippen molar-refractivity contribution in [1.29, 1.82) is 0 Å². The number of nitrogens with zero attached hydrogens (tertiary/aromatic N) is 1. The van der Waals surface area contributed by atoms with Crippen molar-refractivity contribution in [2.45, 2.75) is 63.8 Å². The highest BCUT2D eigenvalue weighted by molar-refractivity contribution is 6.09. The van der Waals surface area contributed by atoms with E-state index in [4.69, 9.17) is 0 Å². The van der Waals surface area contributed by atoms with Crippen LogP contribution in [-0.2, 0) is 14.4 Å². The number of imide groups is 1. The molecule has 8 nitrogen and oxygen atoms in total. The van der Waals surface area contributed by atoms with Gasteiger partial charge in [-0.2, -0.15) is 0 Å². The van der Waals surface area contributed by atoms with Gasteiger partial charge >= 0.3 is 6.03 Å². The second kappa shape index (κ2) is 8.27. The molecule has 0 aromatic rings. The Morgan fingerprint density at radius 1 is 1.07 bits per heavy atom. The Morgan fingerprint density at radius 3 is 2.44 bits per heavy atom. The first-order valence-electron chi connectivity index (χ1n) is 10.1. The lowest BCUT2D eigenvalue weighted by Crippen LogP contribution is -2.54. The van der Waals surface area contributed by atoms with E-state index < -0.39 is 17.5 Å². The fourth-order valence-corrected chi connectivity index (χ4v) is 4.56. The molecule has 3 N–H and O–H groups in total. The van der Waals surface area contributed by atoms with Gasteiger partial charge in [0, 0.05) is 19.0 Å². The van der Waals surface area contributed by atoms with Gasteiger partial charge in [0.15, 0.2) is 0 Å². The van der Waals surface area contributed by atoms with Crippen LogP contribution in [0.1, 0.15) is 58.3 Å². The van der Waals surface area contributed by atoms with Gasteiger partial charge in [-0.15, -0.1) is 0 Å². The van der Waals surface area contributed by atoms with Crippen LogP contribution >= 0.6 is 0 Å². The highest BCUT2D eigenvalue weighted by Gasteiger charge is 2.55. The first-order chi connectivity index (χ1) is 12.9. The molecule has 3 aliphatic rings. The van der Waals surface area contributed by atoms with Crippen LogP contribution in [0.15, 0.2) is 0 Å². The van der Waals surface area contributed by atoms with E-state index in [1.54, 1.807) is 0 Å². The molecular weight excluding hydrogens is 348 g/mol. The standard InChI is InChI=1S/C19H30N4O4/c1-13-6-4-5-9-19(13)17(26)23(18(27)22-19)12-15(24)20-10-11-21-16(25)14-7-2-3-8-14/h13-14H,2-12H2,1H3,(H,20,24)(H,21,25)(H,22,27). The molecule has 8 heteroatoms. The van der Waals surface area contributed by atoms with Crippen LogP contribution in [0.5, 0.6) is 0 Å². The second-order valence-corrected chi connectivity index (χ2v) is 8.06. The smallest absolute Gasteiger partial charge is 0.325 e. The minimum Gasteiger partial charge on any atom is -0.354 e. The third kappa shape index (κ3) is 4.09. The van der Waals surface area contributed by atoms with E-state index in [1.807, 2.05) is 6.92 Å². The van der Waals surface area contributed by atoms with Crippen molar-refractivity contribution in [3.8, 4) is 0 Å². The van der Waals surface area contributed by atoms with Crippen LogP contribution in [0.2, 0.25) is 0 Å². The van der Waals surface area contributed by atoms with Crippen molar-refractivity contribution in [3.05, 3.63) is 0 Å². The highest BCUT2D eigenvalue weighted by Crippen LogP contribution is 2.38. The fourth-order valence-electron chi connectivity index (χ4n) is 4.56. The SMILES string of the molecule is CC1CCCCC12NC(=O)N(CC(=O)NCCNC(=O)C1CCCC1)C2=O. The zero-order chi connectivity index (χ0) is 19.4. The van der Waals surface area contributed by atoms with Crippen molar-refractivity contribution in [2.24, 2.45) is 11.8 Å². The predicted molar refractivity (Wildman–Crippen MR) is 98.6 cm³/mol. The van der Waals surface area contributed by atoms with Gasteiger partial charge in [0.1, 0.15) is 12.1 Å². The molecule has 1 aliphatic heterocycles.